The van der Waals surface area contributed by atoms with Gasteiger partial charge in [-0.1, -0.05) is 30.3 Å². The van der Waals surface area contributed by atoms with Crippen LogP contribution in [0.2, 0.25) is 0 Å². The summed E-state index contributed by atoms with van der Waals surface area (Å²) in [6.07, 6.45) is 2.83. The van der Waals surface area contributed by atoms with E-state index in [1.54, 1.807) is 11.3 Å². The molecule has 1 atom stereocenters. The number of aryl methyl sites for hydroxylation is 1. The number of carbonyl (C=O) groups is 1. The van der Waals surface area contributed by atoms with Gasteiger partial charge >= 0.3 is 6.03 Å². The molecule has 2 aromatic rings. The molecule has 1 fully saturated rings. The topological polar surface area (TPSA) is 54.5 Å². The van der Waals surface area contributed by atoms with Crippen LogP contribution in [-0.2, 0) is 17.9 Å². The first-order chi connectivity index (χ1) is 11.7. The third-order valence-electron chi connectivity index (χ3n) is 4.12. The summed E-state index contributed by atoms with van der Waals surface area (Å²) in [4.78, 5) is 19.4. The number of carbonyl (C=O) groups excluding carboxylic acids is 1. The Hall–Kier alpha value is -1.92. The highest BCUT2D eigenvalue weighted by Gasteiger charge is 2.26. The minimum atomic E-state index is 0.00612. The average Bonchev–Trinajstić information content (AvgIpc) is 3.23. The van der Waals surface area contributed by atoms with Crippen LogP contribution < -0.4 is 5.32 Å². The SMILES string of the molecule is Cc1ncc(CNC(=O)N2CC[C@H](COCc3ccccc3)C2)s1. The van der Waals surface area contributed by atoms with Crippen LogP contribution in [0.25, 0.3) is 0 Å². The number of rotatable bonds is 6. The van der Waals surface area contributed by atoms with Gasteiger partial charge in [0.05, 0.1) is 24.8 Å². The number of nitrogens with one attached hydrogen (secondary N) is 1. The van der Waals surface area contributed by atoms with Crippen LogP contribution in [0.3, 0.4) is 0 Å². The van der Waals surface area contributed by atoms with Crippen molar-refractivity contribution in [1.82, 2.24) is 15.2 Å². The molecule has 0 radical (unpaired) electrons. The number of amides is 2. The molecule has 6 heteroatoms. The van der Waals surface area contributed by atoms with Crippen molar-refractivity contribution in [2.45, 2.75) is 26.5 Å². The molecule has 1 aliphatic rings. The first-order valence-corrected chi connectivity index (χ1v) is 9.08. The van der Waals surface area contributed by atoms with Gasteiger partial charge in [0.2, 0.25) is 0 Å². The van der Waals surface area contributed by atoms with E-state index in [0.29, 0.717) is 25.7 Å². The number of hydrogen-bond acceptors (Lipinski definition) is 4. The van der Waals surface area contributed by atoms with Crippen LogP contribution in [0.15, 0.2) is 36.5 Å². The van der Waals surface area contributed by atoms with Crippen molar-refractivity contribution in [3.8, 4) is 0 Å². The molecule has 1 aromatic carbocycles. The summed E-state index contributed by atoms with van der Waals surface area (Å²) in [5, 5.41) is 4.00. The monoisotopic (exact) mass is 345 g/mol. The van der Waals surface area contributed by atoms with Gasteiger partial charge in [0.15, 0.2) is 0 Å². The Morgan fingerprint density at radius 1 is 1.42 bits per heavy atom. The highest BCUT2D eigenvalue weighted by Crippen LogP contribution is 2.18. The van der Waals surface area contributed by atoms with Crippen LogP contribution in [0, 0.1) is 12.8 Å². The van der Waals surface area contributed by atoms with E-state index in [9.17, 15) is 4.79 Å². The molecule has 0 bridgehead atoms. The predicted molar refractivity (Wildman–Crippen MR) is 94.9 cm³/mol. The molecule has 0 aliphatic carbocycles. The lowest BCUT2D eigenvalue weighted by molar-refractivity contribution is 0.0897. The van der Waals surface area contributed by atoms with Gasteiger partial charge in [-0.2, -0.15) is 0 Å². The first-order valence-electron chi connectivity index (χ1n) is 8.26. The van der Waals surface area contributed by atoms with Gasteiger partial charge in [-0.05, 0) is 18.9 Å². The number of aromatic nitrogens is 1. The second-order valence-corrected chi connectivity index (χ2v) is 7.43. The Morgan fingerprint density at radius 3 is 3.00 bits per heavy atom. The lowest BCUT2D eigenvalue weighted by Gasteiger charge is -2.17. The van der Waals surface area contributed by atoms with Gasteiger partial charge in [0, 0.05) is 30.1 Å². The van der Waals surface area contributed by atoms with Gasteiger partial charge < -0.3 is 15.0 Å². The molecule has 128 valence electrons. The van der Waals surface area contributed by atoms with E-state index in [-0.39, 0.29) is 6.03 Å². The Morgan fingerprint density at radius 2 is 2.25 bits per heavy atom. The molecule has 1 saturated heterocycles. The number of ether oxygens (including phenoxy) is 1. The molecule has 5 nitrogen and oxygen atoms in total. The molecule has 3 rings (SSSR count). The van der Waals surface area contributed by atoms with Gasteiger partial charge in [-0.3, -0.25) is 0 Å². The van der Waals surface area contributed by atoms with Crippen LogP contribution in [0.1, 0.15) is 21.9 Å². The second-order valence-electron chi connectivity index (χ2n) is 6.11. The maximum Gasteiger partial charge on any atom is 0.317 e. The highest BCUT2D eigenvalue weighted by atomic mass is 32.1. The second kappa shape index (κ2) is 8.26. The maximum atomic E-state index is 12.2. The third kappa shape index (κ3) is 4.79. The fraction of sp³-hybridized carbons (Fsp3) is 0.444. The summed E-state index contributed by atoms with van der Waals surface area (Å²) in [7, 11) is 0. The molecule has 1 N–H and O–H groups in total. The largest absolute Gasteiger partial charge is 0.376 e. The Bertz CT molecular complexity index is 659. The quantitative estimate of drug-likeness (QED) is 0.875. The zero-order valence-electron chi connectivity index (χ0n) is 13.9. The molecule has 0 saturated carbocycles. The summed E-state index contributed by atoms with van der Waals surface area (Å²) < 4.78 is 5.80. The predicted octanol–water partition coefficient (Wildman–Crippen LogP) is 3.20. The van der Waals surface area contributed by atoms with E-state index in [1.165, 1.54) is 5.56 Å². The normalized spacial score (nSPS) is 17.2. The lowest BCUT2D eigenvalue weighted by atomic mass is 10.1. The average molecular weight is 345 g/mol. The molecule has 0 spiro atoms. The summed E-state index contributed by atoms with van der Waals surface area (Å²) in [5.41, 5.74) is 1.19. The molecular weight excluding hydrogens is 322 g/mol. The fourth-order valence-electron chi connectivity index (χ4n) is 2.83. The fourth-order valence-corrected chi connectivity index (χ4v) is 3.57. The lowest BCUT2D eigenvalue weighted by Crippen LogP contribution is -2.38. The van der Waals surface area contributed by atoms with Crippen molar-refractivity contribution >= 4 is 17.4 Å². The van der Waals surface area contributed by atoms with Gasteiger partial charge in [-0.25, -0.2) is 9.78 Å². The zero-order valence-corrected chi connectivity index (χ0v) is 14.7. The van der Waals surface area contributed by atoms with Gasteiger partial charge in [0.1, 0.15) is 0 Å². The summed E-state index contributed by atoms with van der Waals surface area (Å²) >= 11 is 1.62. The summed E-state index contributed by atoms with van der Waals surface area (Å²) in [6, 6.07) is 10.2. The van der Waals surface area contributed by atoms with E-state index in [1.807, 2.05) is 36.2 Å². The van der Waals surface area contributed by atoms with Gasteiger partial charge in [-0.15, -0.1) is 11.3 Å². The summed E-state index contributed by atoms with van der Waals surface area (Å²) in [5.74, 6) is 0.421. The van der Waals surface area contributed by atoms with Crippen LogP contribution >= 0.6 is 11.3 Å². The van der Waals surface area contributed by atoms with Crippen LogP contribution in [0.5, 0.6) is 0 Å². The third-order valence-corrected chi connectivity index (χ3v) is 5.03. The number of likely N-dealkylation sites (tertiary alicyclic amines) is 1. The van der Waals surface area contributed by atoms with Crippen LogP contribution in [-0.4, -0.2) is 35.6 Å². The smallest absolute Gasteiger partial charge is 0.317 e. The van der Waals surface area contributed by atoms with E-state index in [2.05, 4.69) is 22.4 Å². The zero-order chi connectivity index (χ0) is 16.8. The van der Waals surface area contributed by atoms with E-state index < -0.39 is 0 Å². The number of urea groups is 1. The molecular formula is C18H23N3O2S. The number of benzene rings is 1. The highest BCUT2D eigenvalue weighted by molar-refractivity contribution is 7.11. The minimum absolute atomic E-state index is 0.00612. The van der Waals surface area contributed by atoms with Crippen molar-refractivity contribution in [3.63, 3.8) is 0 Å². The molecule has 24 heavy (non-hydrogen) atoms. The van der Waals surface area contributed by atoms with E-state index in [0.717, 1.165) is 29.4 Å². The standard InChI is InChI=1S/C18H23N3O2S/c1-14-19-9-17(24-14)10-20-18(22)21-8-7-16(11-21)13-23-12-15-5-3-2-4-6-15/h2-6,9,16H,7-8,10-13H2,1H3,(H,20,22)/t16-/m0/s1. The Labute approximate surface area is 146 Å². The minimum Gasteiger partial charge on any atom is -0.376 e. The Balaban J connectivity index is 1.36. The maximum absolute atomic E-state index is 12.2. The first kappa shape index (κ1) is 16.9. The molecule has 1 aliphatic heterocycles. The molecule has 1 aromatic heterocycles. The van der Waals surface area contributed by atoms with Gasteiger partial charge in [0.25, 0.3) is 0 Å². The van der Waals surface area contributed by atoms with Crippen molar-refractivity contribution in [3.05, 3.63) is 52.0 Å². The van der Waals surface area contributed by atoms with E-state index in [4.69, 9.17) is 4.74 Å². The Kier molecular flexibility index (Phi) is 5.82. The molecule has 0 unspecified atom stereocenters. The van der Waals surface area contributed by atoms with Crippen molar-refractivity contribution < 1.29 is 9.53 Å². The molecule has 2 heterocycles. The number of thiazole rings is 1. The number of nitrogens with zero attached hydrogens (tertiary/aromatic N) is 2. The number of hydrogen-bond donors (Lipinski definition) is 1. The van der Waals surface area contributed by atoms with E-state index >= 15 is 0 Å². The van der Waals surface area contributed by atoms with Crippen molar-refractivity contribution in [2.24, 2.45) is 5.92 Å². The van der Waals surface area contributed by atoms with Crippen LogP contribution in [0.4, 0.5) is 4.79 Å². The van der Waals surface area contributed by atoms with Crippen molar-refractivity contribution in [2.75, 3.05) is 19.7 Å². The van der Waals surface area contributed by atoms with Crippen molar-refractivity contribution in [1.29, 1.82) is 0 Å². The summed E-state index contributed by atoms with van der Waals surface area (Å²) in [6.45, 7) is 5.42. The molecule has 2 amide bonds.